The van der Waals surface area contributed by atoms with Crippen molar-refractivity contribution in [1.29, 1.82) is 0 Å². The van der Waals surface area contributed by atoms with Crippen molar-refractivity contribution in [1.82, 2.24) is 20.8 Å². The van der Waals surface area contributed by atoms with E-state index in [0.29, 0.717) is 35.3 Å². The highest BCUT2D eigenvalue weighted by atomic mass is 32.2. The quantitative estimate of drug-likeness (QED) is 0.450. The summed E-state index contributed by atoms with van der Waals surface area (Å²) in [6.07, 6.45) is 9.99. The molecule has 200 valence electrons. The van der Waals surface area contributed by atoms with Crippen molar-refractivity contribution in [3.05, 3.63) is 41.8 Å². The number of hydrogen-bond donors (Lipinski definition) is 2. The van der Waals surface area contributed by atoms with Crippen LogP contribution in [0, 0.1) is 5.92 Å². The van der Waals surface area contributed by atoms with E-state index in [0.717, 1.165) is 32.1 Å². The summed E-state index contributed by atoms with van der Waals surface area (Å²) in [4.78, 5) is 40.0. The van der Waals surface area contributed by atoms with Crippen molar-refractivity contribution in [3.63, 3.8) is 0 Å². The predicted molar refractivity (Wildman–Crippen MR) is 142 cm³/mol. The standard InChI is InChI=1S/C28H38N4O4S/c1-19(2)18-22(25-31-32-27(36-25)37-21-14-8-4-9-15-21)24(34)29-26(35)28(16-10-5-11-17-28)30-23(33)20-12-6-3-7-13-20/h3,6-7,12-13,19,21-22H,4-5,8-11,14-18H2,1-2H3,(H,30,33)(H,29,34,35)/t22-/m1/s1. The lowest BCUT2D eigenvalue weighted by atomic mass is 9.80. The van der Waals surface area contributed by atoms with Crippen LogP contribution in [0.5, 0.6) is 0 Å². The Balaban J connectivity index is 1.47. The van der Waals surface area contributed by atoms with Crippen molar-refractivity contribution in [2.75, 3.05) is 0 Å². The van der Waals surface area contributed by atoms with E-state index in [1.165, 1.54) is 19.3 Å². The van der Waals surface area contributed by atoms with Gasteiger partial charge in [0.05, 0.1) is 0 Å². The van der Waals surface area contributed by atoms with E-state index in [9.17, 15) is 14.4 Å². The van der Waals surface area contributed by atoms with Crippen LogP contribution in [0.3, 0.4) is 0 Å². The minimum atomic E-state index is -1.12. The van der Waals surface area contributed by atoms with Gasteiger partial charge < -0.3 is 9.73 Å². The van der Waals surface area contributed by atoms with E-state index < -0.39 is 23.3 Å². The molecule has 2 aliphatic carbocycles. The zero-order chi connectivity index (χ0) is 26.3. The summed E-state index contributed by atoms with van der Waals surface area (Å²) in [5.74, 6) is -1.56. The molecule has 0 saturated heterocycles. The minimum Gasteiger partial charge on any atom is -0.415 e. The van der Waals surface area contributed by atoms with Gasteiger partial charge in [-0.25, -0.2) is 0 Å². The molecule has 2 aliphatic rings. The second-order valence-corrected chi connectivity index (χ2v) is 12.0. The molecular weight excluding hydrogens is 488 g/mol. The van der Waals surface area contributed by atoms with E-state index in [2.05, 4.69) is 20.8 Å². The zero-order valence-corrected chi connectivity index (χ0v) is 22.6. The largest absolute Gasteiger partial charge is 0.415 e. The van der Waals surface area contributed by atoms with Crippen molar-refractivity contribution in [3.8, 4) is 0 Å². The Hall–Kier alpha value is -2.68. The highest BCUT2D eigenvalue weighted by Gasteiger charge is 2.43. The molecule has 1 aromatic carbocycles. The van der Waals surface area contributed by atoms with Gasteiger partial charge in [0.15, 0.2) is 0 Å². The number of hydrogen-bond acceptors (Lipinski definition) is 7. The molecule has 8 nitrogen and oxygen atoms in total. The summed E-state index contributed by atoms with van der Waals surface area (Å²) in [6.45, 7) is 4.03. The van der Waals surface area contributed by atoms with Gasteiger partial charge in [-0.1, -0.05) is 82.3 Å². The fraction of sp³-hybridized carbons (Fsp3) is 0.607. The third-order valence-corrected chi connectivity index (χ3v) is 8.50. The Labute approximate surface area is 223 Å². The number of rotatable bonds is 9. The average molecular weight is 527 g/mol. The van der Waals surface area contributed by atoms with Crippen LogP contribution in [0.15, 0.2) is 40.0 Å². The second kappa shape index (κ2) is 12.7. The molecule has 0 radical (unpaired) electrons. The molecule has 2 fully saturated rings. The first kappa shape index (κ1) is 27.4. The molecule has 4 rings (SSSR count). The van der Waals surface area contributed by atoms with Crippen LogP contribution in [0.1, 0.15) is 107 Å². The highest BCUT2D eigenvalue weighted by molar-refractivity contribution is 7.99. The van der Waals surface area contributed by atoms with Crippen molar-refractivity contribution >= 4 is 29.5 Å². The first-order chi connectivity index (χ1) is 17.9. The summed E-state index contributed by atoms with van der Waals surface area (Å²) in [6, 6.07) is 8.84. The second-order valence-electron chi connectivity index (χ2n) is 10.7. The summed E-state index contributed by atoms with van der Waals surface area (Å²) in [7, 11) is 0. The van der Waals surface area contributed by atoms with E-state index in [4.69, 9.17) is 4.42 Å². The first-order valence-electron chi connectivity index (χ1n) is 13.6. The number of carbonyl (C=O) groups is 3. The maximum atomic E-state index is 13.6. The number of thioether (sulfide) groups is 1. The molecule has 1 aromatic heterocycles. The fourth-order valence-electron chi connectivity index (χ4n) is 5.29. The van der Waals surface area contributed by atoms with Gasteiger partial charge in [0, 0.05) is 10.8 Å². The van der Waals surface area contributed by atoms with Gasteiger partial charge in [-0.05, 0) is 50.2 Å². The topological polar surface area (TPSA) is 114 Å². The summed E-state index contributed by atoms with van der Waals surface area (Å²) in [5.41, 5.74) is -0.641. The molecule has 2 aromatic rings. The predicted octanol–water partition coefficient (Wildman–Crippen LogP) is 5.40. The Kier molecular flexibility index (Phi) is 9.40. The zero-order valence-electron chi connectivity index (χ0n) is 21.8. The summed E-state index contributed by atoms with van der Waals surface area (Å²) in [5, 5.41) is 14.9. The van der Waals surface area contributed by atoms with E-state index in [1.807, 2.05) is 19.9 Å². The Morgan fingerprint density at radius 3 is 2.35 bits per heavy atom. The van der Waals surface area contributed by atoms with Crippen molar-refractivity contribution < 1.29 is 18.8 Å². The van der Waals surface area contributed by atoms with Gasteiger partial charge in [0.1, 0.15) is 11.5 Å². The SMILES string of the molecule is CC(C)C[C@H](C(=O)NC(=O)C1(NC(=O)c2ccccc2)CCCCC1)c1nnc(SC2CCCCC2)o1. The van der Waals surface area contributed by atoms with Crippen LogP contribution in [-0.2, 0) is 9.59 Å². The molecular formula is C28H38N4O4S. The van der Waals surface area contributed by atoms with E-state index in [1.54, 1.807) is 36.0 Å². The summed E-state index contributed by atoms with van der Waals surface area (Å²) >= 11 is 1.59. The molecule has 3 amide bonds. The Morgan fingerprint density at radius 2 is 1.68 bits per heavy atom. The number of carbonyl (C=O) groups excluding carboxylic acids is 3. The van der Waals surface area contributed by atoms with Gasteiger partial charge >= 0.3 is 0 Å². The van der Waals surface area contributed by atoms with Crippen LogP contribution in [0.25, 0.3) is 0 Å². The molecule has 0 unspecified atom stereocenters. The van der Waals surface area contributed by atoms with Crippen LogP contribution in [0.2, 0.25) is 0 Å². The Bertz CT molecular complexity index is 1060. The number of amides is 3. The lowest BCUT2D eigenvalue weighted by molar-refractivity contribution is -0.136. The number of nitrogens with one attached hydrogen (secondary N) is 2. The molecule has 37 heavy (non-hydrogen) atoms. The third kappa shape index (κ3) is 7.21. The fourth-order valence-corrected chi connectivity index (χ4v) is 6.36. The van der Waals surface area contributed by atoms with Crippen LogP contribution < -0.4 is 10.6 Å². The monoisotopic (exact) mass is 526 g/mol. The van der Waals surface area contributed by atoms with Gasteiger partial charge in [0.2, 0.25) is 11.8 Å². The highest BCUT2D eigenvalue weighted by Crippen LogP contribution is 2.35. The summed E-state index contributed by atoms with van der Waals surface area (Å²) < 4.78 is 5.94. The smallest absolute Gasteiger partial charge is 0.276 e. The average Bonchev–Trinajstić information content (AvgIpc) is 3.36. The molecule has 1 atom stereocenters. The van der Waals surface area contributed by atoms with Gasteiger partial charge in [0.25, 0.3) is 17.0 Å². The third-order valence-electron chi connectivity index (χ3n) is 7.33. The molecule has 2 N–H and O–H groups in total. The lowest BCUT2D eigenvalue weighted by Crippen LogP contribution is -2.61. The van der Waals surface area contributed by atoms with Crippen LogP contribution in [0.4, 0.5) is 0 Å². The van der Waals surface area contributed by atoms with Crippen molar-refractivity contribution in [2.24, 2.45) is 5.92 Å². The molecule has 0 bridgehead atoms. The van der Waals surface area contributed by atoms with Crippen molar-refractivity contribution in [2.45, 2.75) is 106 Å². The van der Waals surface area contributed by atoms with Gasteiger partial charge in [-0.15, -0.1) is 10.2 Å². The normalized spacial score (nSPS) is 18.8. The molecule has 2 saturated carbocycles. The maximum absolute atomic E-state index is 13.6. The molecule has 1 heterocycles. The van der Waals surface area contributed by atoms with Gasteiger partial charge in [-0.2, -0.15) is 0 Å². The first-order valence-corrected chi connectivity index (χ1v) is 14.5. The van der Waals surface area contributed by atoms with Gasteiger partial charge in [-0.3, -0.25) is 19.7 Å². The van der Waals surface area contributed by atoms with Crippen LogP contribution in [-0.4, -0.2) is 38.7 Å². The maximum Gasteiger partial charge on any atom is 0.276 e. The molecule has 0 spiro atoms. The number of nitrogens with zero attached hydrogens (tertiary/aromatic N) is 2. The van der Waals surface area contributed by atoms with E-state index in [-0.39, 0.29) is 17.7 Å². The molecule has 0 aliphatic heterocycles. The number of aromatic nitrogens is 2. The lowest BCUT2D eigenvalue weighted by Gasteiger charge is -2.36. The number of imide groups is 1. The molecule has 9 heteroatoms. The van der Waals surface area contributed by atoms with Crippen LogP contribution >= 0.6 is 11.8 Å². The Morgan fingerprint density at radius 1 is 1.00 bits per heavy atom. The van der Waals surface area contributed by atoms with E-state index >= 15 is 0 Å². The minimum absolute atomic E-state index is 0.175. The number of benzene rings is 1.